The monoisotopic (exact) mass is 340 g/mol. The number of benzene rings is 2. The molecule has 2 rings (SSSR count). The Labute approximate surface area is 135 Å². The normalized spacial score (nSPS) is 11.4. The zero-order chi connectivity index (χ0) is 16.2. The van der Waals surface area contributed by atoms with Gasteiger partial charge in [0.25, 0.3) is 0 Å². The van der Waals surface area contributed by atoms with Gasteiger partial charge in [0, 0.05) is 5.02 Å². The van der Waals surface area contributed by atoms with E-state index in [-0.39, 0.29) is 18.1 Å². The van der Waals surface area contributed by atoms with Crippen LogP contribution in [0.15, 0.2) is 42.5 Å². The van der Waals surface area contributed by atoms with Crippen molar-refractivity contribution >= 4 is 21.4 Å². The summed E-state index contributed by atoms with van der Waals surface area (Å²) in [5.74, 6) is 0.393. The molecule has 0 aliphatic carbocycles. The highest BCUT2D eigenvalue weighted by molar-refractivity contribution is 7.89. The Bertz CT molecular complexity index is 739. The minimum absolute atomic E-state index is 0.0610. The van der Waals surface area contributed by atoms with Gasteiger partial charge < -0.3 is 9.84 Å². The summed E-state index contributed by atoms with van der Waals surface area (Å²) in [6.07, 6.45) is 0. The predicted molar refractivity (Wildman–Crippen MR) is 86.7 cm³/mol. The molecule has 0 saturated carbocycles. The minimum atomic E-state index is -3.34. The first-order valence-electron chi connectivity index (χ1n) is 6.65. The van der Waals surface area contributed by atoms with Crippen LogP contribution in [0.1, 0.15) is 16.7 Å². The van der Waals surface area contributed by atoms with E-state index >= 15 is 0 Å². The van der Waals surface area contributed by atoms with Gasteiger partial charge in [0.05, 0.1) is 25.2 Å². The Balaban J connectivity index is 2.13. The average Bonchev–Trinajstić information content (AvgIpc) is 2.49. The number of halogens is 1. The smallest absolute Gasteiger partial charge is 0.158 e. The number of ether oxygens (including phenoxy) is 1. The maximum atomic E-state index is 12.3. The van der Waals surface area contributed by atoms with E-state index in [0.29, 0.717) is 21.9 Å². The Hall–Kier alpha value is -1.56. The van der Waals surface area contributed by atoms with Gasteiger partial charge >= 0.3 is 0 Å². The van der Waals surface area contributed by atoms with Crippen LogP contribution in [0.2, 0.25) is 5.02 Å². The summed E-state index contributed by atoms with van der Waals surface area (Å²) in [4.78, 5) is 0. The van der Waals surface area contributed by atoms with Crippen molar-refractivity contribution in [1.82, 2.24) is 0 Å². The van der Waals surface area contributed by atoms with Crippen LogP contribution in [-0.4, -0.2) is 20.6 Å². The third-order valence-corrected chi connectivity index (χ3v) is 5.10. The van der Waals surface area contributed by atoms with Gasteiger partial charge in [-0.25, -0.2) is 8.42 Å². The Morgan fingerprint density at radius 2 is 1.68 bits per heavy atom. The number of aliphatic hydroxyl groups excluding tert-OH is 1. The van der Waals surface area contributed by atoms with Gasteiger partial charge in [-0.2, -0.15) is 0 Å². The molecular formula is C16H17ClO4S. The zero-order valence-corrected chi connectivity index (χ0v) is 13.7. The summed E-state index contributed by atoms with van der Waals surface area (Å²) < 4.78 is 29.6. The molecule has 2 aromatic rings. The van der Waals surface area contributed by atoms with Gasteiger partial charge in [0.15, 0.2) is 9.84 Å². The number of rotatable bonds is 6. The molecule has 0 heterocycles. The lowest BCUT2D eigenvalue weighted by molar-refractivity contribution is 0.282. The van der Waals surface area contributed by atoms with Gasteiger partial charge in [0.1, 0.15) is 5.75 Å². The molecule has 0 fully saturated rings. The summed E-state index contributed by atoms with van der Waals surface area (Å²) in [5, 5.41) is 9.36. The van der Waals surface area contributed by atoms with Crippen LogP contribution in [0, 0.1) is 0 Å². The first-order valence-corrected chi connectivity index (χ1v) is 8.85. The Morgan fingerprint density at radius 3 is 2.23 bits per heavy atom. The lowest BCUT2D eigenvalue weighted by Gasteiger charge is -2.08. The largest absolute Gasteiger partial charge is 0.497 e. The Morgan fingerprint density at radius 1 is 1.05 bits per heavy atom. The second-order valence-electron chi connectivity index (χ2n) is 4.96. The van der Waals surface area contributed by atoms with Crippen LogP contribution in [0.25, 0.3) is 0 Å². The lowest BCUT2D eigenvalue weighted by atomic mass is 10.2. The fourth-order valence-corrected chi connectivity index (χ4v) is 3.90. The third-order valence-electron chi connectivity index (χ3n) is 3.23. The van der Waals surface area contributed by atoms with Crippen LogP contribution in [0.5, 0.6) is 5.75 Å². The van der Waals surface area contributed by atoms with E-state index in [1.165, 1.54) is 7.11 Å². The molecule has 0 unspecified atom stereocenters. The standard InChI is InChI=1S/C16H17ClO4S/c1-21-15-7-6-14(16(17)8-15)11-22(19,20)10-13-4-2-12(9-18)3-5-13/h2-8,18H,9-11H2,1H3. The molecule has 1 N–H and O–H groups in total. The number of aliphatic hydroxyl groups is 1. The maximum Gasteiger partial charge on any atom is 0.158 e. The summed E-state index contributed by atoms with van der Waals surface area (Å²) in [7, 11) is -1.81. The van der Waals surface area contributed by atoms with Crippen molar-refractivity contribution < 1.29 is 18.3 Å². The van der Waals surface area contributed by atoms with Crippen LogP contribution >= 0.6 is 11.6 Å². The molecular weight excluding hydrogens is 324 g/mol. The second-order valence-corrected chi connectivity index (χ2v) is 7.44. The number of sulfone groups is 1. The van der Waals surface area contributed by atoms with Gasteiger partial charge in [-0.1, -0.05) is 41.9 Å². The molecule has 0 atom stereocenters. The van der Waals surface area contributed by atoms with E-state index in [1.807, 2.05) is 0 Å². The lowest BCUT2D eigenvalue weighted by Crippen LogP contribution is -2.08. The van der Waals surface area contributed by atoms with Crippen LogP contribution in [0.3, 0.4) is 0 Å². The van der Waals surface area contributed by atoms with Gasteiger partial charge in [-0.15, -0.1) is 0 Å². The molecule has 2 aromatic carbocycles. The van der Waals surface area contributed by atoms with Gasteiger partial charge in [-0.05, 0) is 28.8 Å². The van der Waals surface area contributed by atoms with Crippen molar-refractivity contribution in [3.63, 3.8) is 0 Å². The molecule has 0 aliphatic heterocycles. The van der Waals surface area contributed by atoms with Crippen LogP contribution in [-0.2, 0) is 27.9 Å². The summed E-state index contributed by atoms with van der Waals surface area (Å²) >= 11 is 6.08. The molecule has 0 aromatic heterocycles. The summed E-state index contributed by atoms with van der Waals surface area (Å²) in [5.41, 5.74) is 1.98. The van der Waals surface area contributed by atoms with Crippen molar-refractivity contribution in [2.75, 3.05) is 7.11 Å². The summed E-state index contributed by atoms with van der Waals surface area (Å²) in [6, 6.07) is 11.8. The molecule has 22 heavy (non-hydrogen) atoms. The fraction of sp³-hybridized carbons (Fsp3) is 0.250. The fourth-order valence-electron chi connectivity index (χ4n) is 2.05. The first kappa shape index (κ1) is 16.8. The second kappa shape index (κ2) is 7.13. The van der Waals surface area contributed by atoms with Crippen molar-refractivity contribution in [3.05, 3.63) is 64.2 Å². The average molecular weight is 341 g/mol. The summed E-state index contributed by atoms with van der Waals surface area (Å²) in [6.45, 7) is -0.0610. The number of hydrogen-bond acceptors (Lipinski definition) is 4. The molecule has 0 spiro atoms. The predicted octanol–water partition coefficient (Wildman–Crippen LogP) is 2.96. The van der Waals surface area contributed by atoms with E-state index in [4.69, 9.17) is 21.4 Å². The minimum Gasteiger partial charge on any atom is -0.497 e. The highest BCUT2D eigenvalue weighted by Gasteiger charge is 2.15. The van der Waals surface area contributed by atoms with Crippen molar-refractivity contribution in [2.24, 2.45) is 0 Å². The highest BCUT2D eigenvalue weighted by Crippen LogP contribution is 2.25. The van der Waals surface area contributed by atoms with Crippen molar-refractivity contribution in [2.45, 2.75) is 18.1 Å². The maximum absolute atomic E-state index is 12.3. The molecule has 4 nitrogen and oxygen atoms in total. The van der Waals surface area contributed by atoms with E-state index in [2.05, 4.69) is 0 Å². The van der Waals surface area contributed by atoms with E-state index in [0.717, 1.165) is 5.56 Å². The topological polar surface area (TPSA) is 63.6 Å². The van der Waals surface area contributed by atoms with E-state index in [9.17, 15) is 8.42 Å². The van der Waals surface area contributed by atoms with E-state index in [1.54, 1.807) is 42.5 Å². The zero-order valence-electron chi connectivity index (χ0n) is 12.1. The molecule has 0 amide bonds. The highest BCUT2D eigenvalue weighted by atomic mass is 35.5. The first-order chi connectivity index (χ1) is 10.4. The molecule has 0 radical (unpaired) electrons. The van der Waals surface area contributed by atoms with Gasteiger partial charge in [0.2, 0.25) is 0 Å². The number of hydrogen-bond donors (Lipinski definition) is 1. The van der Waals surface area contributed by atoms with Crippen LogP contribution in [0.4, 0.5) is 0 Å². The SMILES string of the molecule is COc1ccc(CS(=O)(=O)Cc2ccc(CO)cc2)c(Cl)c1. The van der Waals surface area contributed by atoms with Crippen molar-refractivity contribution in [3.8, 4) is 5.75 Å². The Kier molecular flexibility index (Phi) is 5.45. The molecule has 0 saturated heterocycles. The van der Waals surface area contributed by atoms with Crippen LogP contribution < -0.4 is 4.74 Å². The molecule has 118 valence electrons. The van der Waals surface area contributed by atoms with Gasteiger partial charge in [-0.3, -0.25) is 0 Å². The molecule has 0 bridgehead atoms. The quantitative estimate of drug-likeness (QED) is 0.878. The molecule has 6 heteroatoms. The van der Waals surface area contributed by atoms with E-state index < -0.39 is 9.84 Å². The molecule has 0 aliphatic rings. The van der Waals surface area contributed by atoms with Crippen molar-refractivity contribution in [1.29, 1.82) is 0 Å². The third kappa shape index (κ3) is 4.47. The number of methoxy groups -OCH3 is 1.